The molecule has 0 bridgehead atoms. The SMILES string of the molecule is COCc1c(C(=O)O[C@@H](C)C(=O)NC[C@H](C)c2ccccc2)oc2ccccc12. The molecule has 0 unspecified atom stereocenters. The molecule has 1 N–H and O–H groups in total. The van der Waals surface area contributed by atoms with Crippen LogP contribution in [-0.4, -0.2) is 31.6 Å². The standard InChI is InChI=1S/C23H25NO5/c1-15(17-9-5-4-6-10-17)13-24-22(25)16(2)28-23(26)21-19(14-27-3)18-11-7-8-12-20(18)29-21/h4-12,15-16H,13-14H2,1-3H3,(H,24,25)/t15-,16-/m0/s1. The zero-order valence-corrected chi connectivity index (χ0v) is 16.8. The van der Waals surface area contributed by atoms with E-state index in [9.17, 15) is 9.59 Å². The summed E-state index contributed by atoms with van der Waals surface area (Å²) in [5.41, 5.74) is 2.31. The van der Waals surface area contributed by atoms with E-state index in [0.717, 1.165) is 10.9 Å². The van der Waals surface area contributed by atoms with Gasteiger partial charge in [-0.2, -0.15) is 0 Å². The molecule has 1 aromatic heterocycles. The number of amides is 1. The Hall–Kier alpha value is -3.12. The molecule has 2 aromatic carbocycles. The molecule has 0 aliphatic rings. The van der Waals surface area contributed by atoms with Crippen molar-refractivity contribution in [2.24, 2.45) is 0 Å². The summed E-state index contributed by atoms with van der Waals surface area (Å²) in [5.74, 6) is -0.838. The van der Waals surface area contributed by atoms with Gasteiger partial charge in [0.15, 0.2) is 6.10 Å². The van der Waals surface area contributed by atoms with E-state index in [1.165, 1.54) is 0 Å². The summed E-state index contributed by atoms with van der Waals surface area (Å²) in [5, 5.41) is 3.62. The molecule has 0 fully saturated rings. The van der Waals surface area contributed by atoms with Crippen LogP contribution in [0.5, 0.6) is 0 Å². The molecule has 0 aliphatic carbocycles. The van der Waals surface area contributed by atoms with E-state index < -0.39 is 12.1 Å². The van der Waals surface area contributed by atoms with Crippen molar-refractivity contribution in [2.45, 2.75) is 32.5 Å². The number of carbonyl (C=O) groups is 2. The van der Waals surface area contributed by atoms with E-state index in [4.69, 9.17) is 13.9 Å². The second kappa shape index (κ2) is 9.39. The molecule has 0 saturated carbocycles. The molecule has 0 radical (unpaired) electrons. The molecule has 0 saturated heterocycles. The van der Waals surface area contributed by atoms with E-state index >= 15 is 0 Å². The van der Waals surface area contributed by atoms with Crippen LogP contribution < -0.4 is 5.32 Å². The first kappa shape index (κ1) is 20.6. The number of hydrogen-bond donors (Lipinski definition) is 1. The van der Waals surface area contributed by atoms with Crippen molar-refractivity contribution in [3.63, 3.8) is 0 Å². The predicted octanol–water partition coefficient (Wildman–Crippen LogP) is 4.04. The zero-order chi connectivity index (χ0) is 20.8. The fourth-order valence-electron chi connectivity index (χ4n) is 3.12. The summed E-state index contributed by atoms with van der Waals surface area (Å²) in [6.07, 6.45) is -0.950. The Morgan fingerprint density at radius 2 is 1.72 bits per heavy atom. The quantitative estimate of drug-likeness (QED) is 0.583. The number of esters is 1. The van der Waals surface area contributed by atoms with Crippen LogP contribution in [0.2, 0.25) is 0 Å². The lowest BCUT2D eigenvalue weighted by Crippen LogP contribution is -2.37. The smallest absolute Gasteiger partial charge is 0.375 e. The minimum absolute atomic E-state index is 0.0605. The van der Waals surface area contributed by atoms with E-state index in [-0.39, 0.29) is 24.2 Å². The van der Waals surface area contributed by atoms with Gasteiger partial charge in [-0.1, -0.05) is 55.5 Å². The normalized spacial score (nSPS) is 13.1. The summed E-state index contributed by atoms with van der Waals surface area (Å²) in [7, 11) is 1.54. The Morgan fingerprint density at radius 3 is 2.45 bits per heavy atom. The minimum Gasteiger partial charge on any atom is -0.449 e. The highest BCUT2D eigenvalue weighted by molar-refractivity contribution is 5.97. The fraction of sp³-hybridized carbons (Fsp3) is 0.304. The third-order valence-electron chi connectivity index (χ3n) is 4.78. The molecule has 3 rings (SSSR count). The number of benzene rings is 2. The number of carbonyl (C=O) groups excluding carboxylic acids is 2. The van der Waals surface area contributed by atoms with Crippen molar-refractivity contribution in [1.82, 2.24) is 5.32 Å². The van der Waals surface area contributed by atoms with E-state index in [1.54, 1.807) is 20.1 Å². The van der Waals surface area contributed by atoms with Crippen molar-refractivity contribution in [3.05, 3.63) is 71.5 Å². The molecular weight excluding hydrogens is 370 g/mol. The average molecular weight is 395 g/mol. The zero-order valence-electron chi connectivity index (χ0n) is 16.8. The molecule has 29 heavy (non-hydrogen) atoms. The molecule has 6 nitrogen and oxygen atoms in total. The number of nitrogens with one attached hydrogen (secondary N) is 1. The van der Waals surface area contributed by atoms with Crippen LogP contribution in [0.3, 0.4) is 0 Å². The predicted molar refractivity (Wildman–Crippen MR) is 110 cm³/mol. The third-order valence-corrected chi connectivity index (χ3v) is 4.78. The van der Waals surface area contributed by atoms with Gasteiger partial charge in [-0.3, -0.25) is 4.79 Å². The number of rotatable bonds is 8. The fourth-order valence-corrected chi connectivity index (χ4v) is 3.12. The number of fused-ring (bicyclic) bond motifs is 1. The van der Waals surface area contributed by atoms with Crippen LogP contribution in [-0.2, 0) is 20.9 Å². The molecule has 3 aromatic rings. The van der Waals surface area contributed by atoms with E-state index in [2.05, 4.69) is 5.32 Å². The summed E-state index contributed by atoms with van der Waals surface area (Å²) < 4.78 is 16.2. The van der Waals surface area contributed by atoms with Gasteiger partial charge in [0.2, 0.25) is 5.76 Å². The second-order valence-corrected chi connectivity index (χ2v) is 6.94. The molecule has 1 heterocycles. The topological polar surface area (TPSA) is 77.8 Å². The summed E-state index contributed by atoms with van der Waals surface area (Å²) in [6.45, 7) is 4.22. The van der Waals surface area contributed by atoms with Gasteiger partial charge >= 0.3 is 5.97 Å². The lowest BCUT2D eigenvalue weighted by molar-refractivity contribution is -0.129. The Balaban J connectivity index is 1.63. The first-order valence-corrected chi connectivity index (χ1v) is 9.54. The number of ether oxygens (including phenoxy) is 2. The largest absolute Gasteiger partial charge is 0.449 e. The lowest BCUT2D eigenvalue weighted by atomic mass is 10.0. The van der Waals surface area contributed by atoms with Gasteiger partial charge in [0, 0.05) is 24.6 Å². The number of para-hydroxylation sites is 1. The van der Waals surface area contributed by atoms with Crippen molar-refractivity contribution >= 4 is 22.8 Å². The van der Waals surface area contributed by atoms with Gasteiger partial charge in [0.05, 0.1) is 6.61 Å². The van der Waals surface area contributed by atoms with Crippen LogP contribution >= 0.6 is 0 Å². The first-order chi connectivity index (χ1) is 14.0. The molecule has 2 atom stereocenters. The molecule has 6 heteroatoms. The van der Waals surface area contributed by atoms with E-state index in [0.29, 0.717) is 17.7 Å². The van der Waals surface area contributed by atoms with Crippen molar-refractivity contribution < 1.29 is 23.5 Å². The number of methoxy groups -OCH3 is 1. The summed E-state index contributed by atoms with van der Waals surface area (Å²) >= 11 is 0. The Bertz CT molecular complexity index is 979. The molecular formula is C23H25NO5. The number of furan rings is 1. The van der Waals surface area contributed by atoms with Crippen molar-refractivity contribution in [2.75, 3.05) is 13.7 Å². The number of hydrogen-bond acceptors (Lipinski definition) is 5. The van der Waals surface area contributed by atoms with Gasteiger partial charge < -0.3 is 19.2 Å². The maximum Gasteiger partial charge on any atom is 0.375 e. The Labute approximate surface area is 169 Å². The monoisotopic (exact) mass is 395 g/mol. The van der Waals surface area contributed by atoms with Crippen LogP contribution in [0.4, 0.5) is 0 Å². The van der Waals surface area contributed by atoms with Crippen LogP contribution in [0, 0.1) is 0 Å². The first-order valence-electron chi connectivity index (χ1n) is 9.54. The Kier molecular flexibility index (Phi) is 6.67. The lowest BCUT2D eigenvalue weighted by Gasteiger charge is -2.16. The molecule has 0 aliphatic heterocycles. The van der Waals surface area contributed by atoms with Gasteiger partial charge in [-0.25, -0.2) is 4.79 Å². The van der Waals surface area contributed by atoms with Crippen LogP contribution in [0.25, 0.3) is 11.0 Å². The van der Waals surface area contributed by atoms with Crippen LogP contribution in [0.15, 0.2) is 59.0 Å². The highest BCUT2D eigenvalue weighted by Crippen LogP contribution is 2.27. The van der Waals surface area contributed by atoms with E-state index in [1.807, 2.05) is 55.5 Å². The maximum atomic E-state index is 12.6. The Morgan fingerprint density at radius 1 is 1.03 bits per heavy atom. The summed E-state index contributed by atoms with van der Waals surface area (Å²) in [6, 6.07) is 17.2. The maximum absolute atomic E-state index is 12.6. The van der Waals surface area contributed by atoms with Crippen molar-refractivity contribution in [3.8, 4) is 0 Å². The average Bonchev–Trinajstić information content (AvgIpc) is 3.11. The third kappa shape index (κ3) is 4.84. The highest BCUT2D eigenvalue weighted by atomic mass is 16.6. The van der Waals surface area contributed by atoms with Gasteiger partial charge in [0.1, 0.15) is 5.58 Å². The highest BCUT2D eigenvalue weighted by Gasteiger charge is 2.26. The van der Waals surface area contributed by atoms with Crippen LogP contribution in [0.1, 0.15) is 41.4 Å². The molecule has 1 amide bonds. The van der Waals surface area contributed by atoms with Gasteiger partial charge in [-0.15, -0.1) is 0 Å². The van der Waals surface area contributed by atoms with Gasteiger partial charge in [-0.05, 0) is 24.5 Å². The molecule has 152 valence electrons. The second-order valence-electron chi connectivity index (χ2n) is 6.94. The van der Waals surface area contributed by atoms with Gasteiger partial charge in [0.25, 0.3) is 5.91 Å². The van der Waals surface area contributed by atoms with Crippen molar-refractivity contribution in [1.29, 1.82) is 0 Å². The molecule has 0 spiro atoms. The minimum atomic E-state index is -0.950. The summed E-state index contributed by atoms with van der Waals surface area (Å²) in [4.78, 5) is 25.0.